The number of benzene rings is 2. The van der Waals surface area contributed by atoms with Crippen LogP contribution in [0.3, 0.4) is 0 Å². The van der Waals surface area contributed by atoms with E-state index in [1.54, 1.807) is 6.92 Å². The van der Waals surface area contributed by atoms with Crippen molar-refractivity contribution in [1.29, 1.82) is 0 Å². The van der Waals surface area contributed by atoms with E-state index in [9.17, 15) is 4.79 Å². The fraction of sp³-hybridized carbons (Fsp3) is 0.143. The summed E-state index contributed by atoms with van der Waals surface area (Å²) in [5, 5.41) is 3.25. The largest absolute Gasteiger partial charge is 0.462 e. The number of anilines is 3. The van der Waals surface area contributed by atoms with Gasteiger partial charge in [-0.15, -0.1) is 0 Å². The highest BCUT2D eigenvalue weighted by Gasteiger charge is 2.19. The zero-order valence-electron chi connectivity index (χ0n) is 14.8. The number of ether oxygens (including phenoxy) is 1. The maximum absolute atomic E-state index is 12.5. The van der Waals surface area contributed by atoms with E-state index in [2.05, 4.69) is 10.3 Å². The molecule has 0 aliphatic rings. The van der Waals surface area contributed by atoms with Gasteiger partial charge in [-0.05, 0) is 43.7 Å². The second kappa shape index (κ2) is 7.70. The highest BCUT2D eigenvalue weighted by atomic mass is 16.5. The summed E-state index contributed by atoms with van der Waals surface area (Å²) in [6.07, 6.45) is 0. The number of carbonyl (C=O) groups is 1. The molecule has 0 bridgehead atoms. The molecule has 0 atom stereocenters. The number of aryl methyl sites for hydroxylation is 1. The lowest BCUT2D eigenvalue weighted by atomic mass is 9.99. The number of esters is 1. The second-order valence-electron chi connectivity index (χ2n) is 5.85. The lowest BCUT2D eigenvalue weighted by molar-refractivity contribution is 0.0526. The summed E-state index contributed by atoms with van der Waals surface area (Å²) < 4.78 is 5.23. The Bertz CT molecular complexity index is 924. The minimum Gasteiger partial charge on any atom is -0.462 e. The summed E-state index contributed by atoms with van der Waals surface area (Å²) in [7, 11) is 0. The first kappa shape index (κ1) is 17.5. The lowest BCUT2D eigenvalue weighted by Crippen LogP contribution is -2.11. The van der Waals surface area contributed by atoms with Gasteiger partial charge in [0.1, 0.15) is 5.82 Å². The Hall–Kier alpha value is -3.34. The van der Waals surface area contributed by atoms with Crippen molar-refractivity contribution >= 4 is 23.2 Å². The molecule has 0 fully saturated rings. The molecular weight excluding hydrogens is 326 g/mol. The quantitative estimate of drug-likeness (QED) is 0.522. The van der Waals surface area contributed by atoms with E-state index in [0.29, 0.717) is 29.4 Å². The minimum atomic E-state index is -0.369. The molecule has 3 rings (SSSR count). The highest BCUT2D eigenvalue weighted by Crippen LogP contribution is 2.30. The van der Waals surface area contributed by atoms with E-state index in [0.717, 1.165) is 16.8 Å². The summed E-state index contributed by atoms with van der Waals surface area (Å²) in [5.41, 5.74) is 10.1. The van der Waals surface area contributed by atoms with Crippen molar-refractivity contribution < 1.29 is 9.53 Å². The van der Waals surface area contributed by atoms with Gasteiger partial charge < -0.3 is 15.8 Å². The minimum absolute atomic E-state index is 0.315. The van der Waals surface area contributed by atoms with Gasteiger partial charge in [-0.25, -0.2) is 9.78 Å². The number of aromatic nitrogens is 1. The predicted molar refractivity (Wildman–Crippen MR) is 105 cm³/mol. The van der Waals surface area contributed by atoms with Gasteiger partial charge >= 0.3 is 5.97 Å². The Morgan fingerprint density at radius 2 is 1.88 bits per heavy atom. The Labute approximate surface area is 152 Å². The summed E-state index contributed by atoms with van der Waals surface area (Å²) in [5.74, 6) is 0.270. The number of carbonyl (C=O) groups excluding carboxylic acids is 1. The Balaban J connectivity index is 2.08. The topological polar surface area (TPSA) is 77.2 Å². The number of nitrogens with two attached hydrogens (primary N) is 1. The SMILES string of the molecule is CCOC(=O)c1c(-c2ccccc2)cc(Nc2cccc(N)c2)nc1C. The van der Waals surface area contributed by atoms with E-state index in [1.165, 1.54) is 0 Å². The molecule has 0 radical (unpaired) electrons. The van der Waals surface area contributed by atoms with Crippen molar-refractivity contribution in [3.63, 3.8) is 0 Å². The van der Waals surface area contributed by atoms with Gasteiger partial charge in [0.2, 0.25) is 0 Å². The van der Waals surface area contributed by atoms with Crippen LogP contribution in [0.2, 0.25) is 0 Å². The number of rotatable bonds is 5. The van der Waals surface area contributed by atoms with E-state index in [1.807, 2.05) is 67.6 Å². The summed E-state index contributed by atoms with van der Waals surface area (Å²) in [4.78, 5) is 17.0. The van der Waals surface area contributed by atoms with Crippen LogP contribution in [0.15, 0.2) is 60.7 Å². The number of nitrogens with zero attached hydrogens (tertiary/aromatic N) is 1. The molecule has 1 heterocycles. The van der Waals surface area contributed by atoms with E-state index in [4.69, 9.17) is 10.5 Å². The van der Waals surface area contributed by atoms with Gasteiger partial charge in [-0.3, -0.25) is 0 Å². The Kier molecular flexibility index (Phi) is 5.17. The lowest BCUT2D eigenvalue weighted by Gasteiger charge is -2.15. The van der Waals surface area contributed by atoms with Crippen LogP contribution in [0, 0.1) is 6.92 Å². The first-order valence-corrected chi connectivity index (χ1v) is 8.45. The number of nitrogens with one attached hydrogen (secondary N) is 1. The van der Waals surface area contributed by atoms with Crippen molar-refractivity contribution in [2.45, 2.75) is 13.8 Å². The van der Waals surface area contributed by atoms with E-state index < -0.39 is 0 Å². The number of pyridine rings is 1. The molecule has 0 spiro atoms. The summed E-state index contributed by atoms with van der Waals surface area (Å²) in [6.45, 7) is 3.91. The van der Waals surface area contributed by atoms with E-state index in [-0.39, 0.29) is 5.97 Å². The van der Waals surface area contributed by atoms with Crippen LogP contribution < -0.4 is 11.1 Å². The van der Waals surface area contributed by atoms with Crippen molar-refractivity contribution in [3.8, 4) is 11.1 Å². The number of nitrogen functional groups attached to an aromatic ring is 1. The molecule has 5 nitrogen and oxygen atoms in total. The third kappa shape index (κ3) is 3.83. The van der Waals surface area contributed by atoms with Gasteiger partial charge in [-0.1, -0.05) is 36.4 Å². The molecule has 0 aliphatic heterocycles. The fourth-order valence-corrected chi connectivity index (χ4v) is 2.81. The normalized spacial score (nSPS) is 10.4. The van der Waals surface area contributed by atoms with Gasteiger partial charge in [0.05, 0.1) is 17.9 Å². The van der Waals surface area contributed by atoms with Crippen LogP contribution in [0.5, 0.6) is 0 Å². The summed E-state index contributed by atoms with van der Waals surface area (Å²) >= 11 is 0. The van der Waals surface area contributed by atoms with Crippen LogP contribution >= 0.6 is 0 Å². The number of hydrogen-bond donors (Lipinski definition) is 2. The molecule has 2 aromatic carbocycles. The van der Waals surface area contributed by atoms with Crippen LogP contribution in [0.4, 0.5) is 17.2 Å². The van der Waals surface area contributed by atoms with Crippen LogP contribution in [0.1, 0.15) is 23.0 Å². The monoisotopic (exact) mass is 347 g/mol. The van der Waals surface area contributed by atoms with Gasteiger partial charge in [-0.2, -0.15) is 0 Å². The van der Waals surface area contributed by atoms with Crippen molar-refractivity contribution in [3.05, 3.63) is 71.9 Å². The molecule has 1 aromatic heterocycles. The average Bonchev–Trinajstić information content (AvgIpc) is 2.62. The Morgan fingerprint density at radius 1 is 1.12 bits per heavy atom. The van der Waals surface area contributed by atoms with Crippen LogP contribution in [-0.4, -0.2) is 17.6 Å². The van der Waals surface area contributed by atoms with Crippen LogP contribution in [0.25, 0.3) is 11.1 Å². The number of hydrogen-bond acceptors (Lipinski definition) is 5. The van der Waals surface area contributed by atoms with Gasteiger partial charge in [0.15, 0.2) is 0 Å². The third-order valence-corrected chi connectivity index (χ3v) is 3.92. The molecule has 0 unspecified atom stereocenters. The molecule has 3 N–H and O–H groups in total. The predicted octanol–water partition coefficient (Wildman–Crippen LogP) is 4.56. The first-order valence-electron chi connectivity index (χ1n) is 8.45. The molecule has 3 aromatic rings. The Morgan fingerprint density at radius 3 is 2.58 bits per heavy atom. The maximum atomic E-state index is 12.5. The second-order valence-corrected chi connectivity index (χ2v) is 5.85. The standard InChI is InChI=1S/C21H21N3O2/c1-3-26-21(25)20-14(2)23-19(24-17-11-7-10-16(22)12-17)13-18(20)15-8-5-4-6-9-15/h4-13H,3,22H2,1-2H3,(H,23,24). The molecule has 0 amide bonds. The first-order chi connectivity index (χ1) is 12.6. The van der Waals surface area contributed by atoms with Crippen LogP contribution in [-0.2, 0) is 4.74 Å². The van der Waals surface area contributed by atoms with Gasteiger partial charge in [0.25, 0.3) is 0 Å². The smallest absolute Gasteiger partial charge is 0.340 e. The van der Waals surface area contributed by atoms with Gasteiger partial charge in [0, 0.05) is 16.9 Å². The molecule has 5 heteroatoms. The zero-order chi connectivity index (χ0) is 18.5. The molecule has 26 heavy (non-hydrogen) atoms. The molecule has 0 saturated heterocycles. The molecule has 132 valence electrons. The molecule has 0 saturated carbocycles. The van der Waals surface area contributed by atoms with Crippen molar-refractivity contribution in [2.75, 3.05) is 17.7 Å². The zero-order valence-corrected chi connectivity index (χ0v) is 14.8. The summed E-state index contributed by atoms with van der Waals surface area (Å²) in [6, 6.07) is 19.0. The van der Waals surface area contributed by atoms with E-state index >= 15 is 0 Å². The highest BCUT2D eigenvalue weighted by molar-refractivity contribution is 5.99. The average molecular weight is 347 g/mol. The molecular formula is C21H21N3O2. The fourth-order valence-electron chi connectivity index (χ4n) is 2.81. The third-order valence-electron chi connectivity index (χ3n) is 3.92. The molecule has 0 aliphatic carbocycles. The van der Waals surface area contributed by atoms with Crippen molar-refractivity contribution in [1.82, 2.24) is 4.98 Å². The van der Waals surface area contributed by atoms with Crippen molar-refractivity contribution in [2.24, 2.45) is 0 Å². The maximum Gasteiger partial charge on any atom is 0.340 e.